The lowest BCUT2D eigenvalue weighted by Gasteiger charge is -2.17. The molecule has 5 heteroatoms. The van der Waals surface area contributed by atoms with Gasteiger partial charge in [-0.3, -0.25) is 9.59 Å². The van der Waals surface area contributed by atoms with Crippen LogP contribution in [0.3, 0.4) is 0 Å². The molecule has 5 nitrogen and oxygen atoms in total. The molecule has 0 heterocycles. The van der Waals surface area contributed by atoms with Gasteiger partial charge in [0, 0.05) is 23.8 Å². The van der Waals surface area contributed by atoms with Gasteiger partial charge in [-0.05, 0) is 48.2 Å². The van der Waals surface area contributed by atoms with Gasteiger partial charge in [0.1, 0.15) is 0 Å². The maximum atomic E-state index is 12.3. The van der Waals surface area contributed by atoms with Gasteiger partial charge in [0.05, 0.1) is 6.54 Å². The highest BCUT2D eigenvalue weighted by Crippen LogP contribution is 2.16. The van der Waals surface area contributed by atoms with E-state index in [-0.39, 0.29) is 24.4 Å². The Balaban J connectivity index is 1.43. The van der Waals surface area contributed by atoms with Crippen molar-refractivity contribution in [2.75, 3.05) is 17.2 Å². The van der Waals surface area contributed by atoms with Crippen molar-refractivity contribution in [3.05, 3.63) is 96.1 Å². The highest BCUT2D eigenvalue weighted by molar-refractivity contribution is 5.93. The van der Waals surface area contributed by atoms with E-state index in [1.165, 1.54) is 5.56 Å². The van der Waals surface area contributed by atoms with Crippen LogP contribution in [0.5, 0.6) is 0 Å². The summed E-state index contributed by atoms with van der Waals surface area (Å²) in [6.45, 7) is 2.32. The zero-order chi connectivity index (χ0) is 21.9. The van der Waals surface area contributed by atoms with Gasteiger partial charge < -0.3 is 16.0 Å². The minimum atomic E-state index is -0.103. The molecule has 1 unspecified atom stereocenters. The van der Waals surface area contributed by atoms with Crippen LogP contribution in [0.4, 0.5) is 11.4 Å². The third kappa shape index (κ3) is 7.39. The zero-order valence-corrected chi connectivity index (χ0v) is 17.8. The third-order valence-electron chi connectivity index (χ3n) is 5.06. The molecule has 0 bridgehead atoms. The van der Waals surface area contributed by atoms with E-state index >= 15 is 0 Å². The van der Waals surface area contributed by atoms with E-state index in [1.54, 1.807) is 24.3 Å². The number of nitrogens with one attached hydrogen (secondary N) is 3. The largest absolute Gasteiger partial charge is 0.326 e. The fraction of sp³-hybridized carbons (Fsp3) is 0.231. The summed E-state index contributed by atoms with van der Waals surface area (Å²) >= 11 is 0. The van der Waals surface area contributed by atoms with Crippen molar-refractivity contribution < 1.29 is 9.59 Å². The molecule has 0 saturated carbocycles. The SMILES string of the molecule is CCC(NCC(=O)Nc1ccc(NC(=O)CCc2ccccc2)cc1)c1ccccc1. The number of aryl methyl sites for hydroxylation is 1. The molecule has 3 aromatic rings. The molecule has 0 aliphatic carbocycles. The number of hydrogen-bond acceptors (Lipinski definition) is 3. The first kappa shape index (κ1) is 22.2. The monoisotopic (exact) mass is 415 g/mol. The fourth-order valence-electron chi connectivity index (χ4n) is 3.37. The average Bonchev–Trinajstić information content (AvgIpc) is 2.81. The Morgan fingerprint density at radius 2 is 1.29 bits per heavy atom. The molecule has 0 aliphatic rings. The van der Waals surface area contributed by atoms with Gasteiger partial charge in [0.15, 0.2) is 0 Å². The van der Waals surface area contributed by atoms with Crippen LogP contribution in [-0.4, -0.2) is 18.4 Å². The summed E-state index contributed by atoms with van der Waals surface area (Å²) in [7, 11) is 0. The van der Waals surface area contributed by atoms with E-state index in [9.17, 15) is 9.59 Å². The number of hydrogen-bond donors (Lipinski definition) is 3. The van der Waals surface area contributed by atoms with Crippen molar-refractivity contribution in [2.45, 2.75) is 32.2 Å². The summed E-state index contributed by atoms with van der Waals surface area (Å²) in [6.07, 6.45) is 2.03. The third-order valence-corrected chi connectivity index (χ3v) is 5.06. The molecule has 3 N–H and O–H groups in total. The smallest absolute Gasteiger partial charge is 0.238 e. The normalized spacial score (nSPS) is 11.5. The first-order valence-corrected chi connectivity index (χ1v) is 10.7. The molecule has 0 saturated heterocycles. The molecular formula is C26H29N3O2. The van der Waals surface area contributed by atoms with Crippen molar-refractivity contribution in [3.8, 4) is 0 Å². The second-order valence-electron chi connectivity index (χ2n) is 7.41. The molecule has 2 amide bonds. The average molecular weight is 416 g/mol. The Bertz CT molecular complexity index is 957. The van der Waals surface area contributed by atoms with Crippen LogP contribution in [-0.2, 0) is 16.0 Å². The van der Waals surface area contributed by atoms with E-state index in [0.717, 1.165) is 12.0 Å². The Hall–Kier alpha value is -3.44. The molecule has 1 atom stereocenters. The minimum absolute atomic E-state index is 0.0311. The Morgan fingerprint density at radius 3 is 1.87 bits per heavy atom. The van der Waals surface area contributed by atoms with Gasteiger partial charge in [-0.2, -0.15) is 0 Å². The van der Waals surface area contributed by atoms with Crippen molar-refractivity contribution >= 4 is 23.2 Å². The number of rotatable bonds is 10. The summed E-state index contributed by atoms with van der Waals surface area (Å²) in [6, 6.07) is 27.4. The molecule has 0 fully saturated rings. The number of amides is 2. The Labute approximate surface area is 183 Å². The van der Waals surface area contributed by atoms with E-state index < -0.39 is 0 Å². The minimum Gasteiger partial charge on any atom is -0.326 e. The molecule has 0 aromatic heterocycles. The molecule has 3 rings (SSSR count). The van der Waals surface area contributed by atoms with Gasteiger partial charge in [0.25, 0.3) is 0 Å². The van der Waals surface area contributed by atoms with E-state index in [1.807, 2.05) is 48.5 Å². The lowest BCUT2D eigenvalue weighted by atomic mass is 10.0. The van der Waals surface area contributed by atoms with Crippen molar-refractivity contribution in [2.24, 2.45) is 0 Å². The molecule has 160 valence electrons. The molecule has 0 spiro atoms. The highest BCUT2D eigenvalue weighted by atomic mass is 16.2. The lowest BCUT2D eigenvalue weighted by Crippen LogP contribution is -2.31. The second kappa shape index (κ2) is 11.7. The van der Waals surface area contributed by atoms with E-state index in [2.05, 4.69) is 35.0 Å². The van der Waals surface area contributed by atoms with Gasteiger partial charge in [-0.1, -0.05) is 67.6 Å². The van der Waals surface area contributed by atoms with Gasteiger partial charge >= 0.3 is 0 Å². The molecule has 0 aliphatic heterocycles. The van der Waals surface area contributed by atoms with Crippen LogP contribution < -0.4 is 16.0 Å². The summed E-state index contributed by atoms with van der Waals surface area (Å²) in [5.74, 6) is -0.134. The Kier molecular flexibility index (Phi) is 8.38. The van der Waals surface area contributed by atoms with Crippen LogP contribution >= 0.6 is 0 Å². The lowest BCUT2D eigenvalue weighted by molar-refractivity contribution is -0.116. The molecule has 31 heavy (non-hydrogen) atoms. The van der Waals surface area contributed by atoms with Gasteiger partial charge in [-0.25, -0.2) is 0 Å². The van der Waals surface area contributed by atoms with Gasteiger partial charge in [0.2, 0.25) is 11.8 Å². The van der Waals surface area contributed by atoms with Crippen molar-refractivity contribution in [1.29, 1.82) is 0 Å². The predicted molar refractivity (Wildman–Crippen MR) is 126 cm³/mol. The second-order valence-corrected chi connectivity index (χ2v) is 7.41. The molecule has 0 radical (unpaired) electrons. The zero-order valence-electron chi connectivity index (χ0n) is 17.8. The first-order chi connectivity index (χ1) is 15.1. The maximum absolute atomic E-state index is 12.3. The maximum Gasteiger partial charge on any atom is 0.238 e. The summed E-state index contributed by atoms with van der Waals surface area (Å²) < 4.78 is 0. The number of carbonyl (C=O) groups excluding carboxylic acids is 2. The summed E-state index contributed by atoms with van der Waals surface area (Å²) in [5, 5.41) is 9.08. The fourth-order valence-corrected chi connectivity index (χ4v) is 3.37. The number of anilines is 2. The first-order valence-electron chi connectivity index (χ1n) is 10.7. The molecule has 3 aromatic carbocycles. The number of carbonyl (C=O) groups is 2. The standard InChI is InChI=1S/C26H29N3O2/c1-2-24(21-11-7-4-8-12-21)27-19-26(31)29-23-16-14-22(15-17-23)28-25(30)18-13-20-9-5-3-6-10-20/h3-12,14-17,24,27H,2,13,18-19H2,1H3,(H,28,30)(H,29,31). The van der Waals surface area contributed by atoms with Crippen LogP contribution in [0.15, 0.2) is 84.9 Å². The van der Waals surface area contributed by atoms with E-state index in [4.69, 9.17) is 0 Å². The van der Waals surface area contributed by atoms with Crippen LogP contribution in [0.1, 0.15) is 36.9 Å². The van der Waals surface area contributed by atoms with Crippen LogP contribution in [0, 0.1) is 0 Å². The van der Waals surface area contributed by atoms with E-state index in [0.29, 0.717) is 24.2 Å². The van der Waals surface area contributed by atoms with Crippen molar-refractivity contribution in [3.63, 3.8) is 0 Å². The summed E-state index contributed by atoms with van der Waals surface area (Å²) in [4.78, 5) is 24.5. The topological polar surface area (TPSA) is 70.2 Å². The molecular weight excluding hydrogens is 386 g/mol. The summed E-state index contributed by atoms with van der Waals surface area (Å²) in [5.41, 5.74) is 3.72. The van der Waals surface area contributed by atoms with Gasteiger partial charge in [-0.15, -0.1) is 0 Å². The highest BCUT2D eigenvalue weighted by Gasteiger charge is 2.11. The predicted octanol–water partition coefficient (Wildman–Crippen LogP) is 4.94. The van der Waals surface area contributed by atoms with Crippen LogP contribution in [0.25, 0.3) is 0 Å². The number of benzene rings is 3. The van der Waals surface area contributed by atoms with Crippen molar-refractivity contribution in [1.82, 2.24) is 5.32 Å². The quantitative estimate of drug-likeness (QED) is 0.439. The van der Waals surface area contributed by atoms with Crippen LogP contribution in [0.2, 0.25) is 0 Å². The Morgan fingerprint density at radius 1 is 0.742 bits per heavy atom.